The fourth-order valence-electron chi connectivity index (χ4n) is 3.45. The van der Waals surface area contributed by atoms with E-state index in [1.165, 1.54) is 34.6 Å². The van der Waals surface area contributed by atoms with Crippen molar-refractivity contribution in [2.75, 3.05) is 7.05 Å². The molecule has 0 atom stereocenters. The molecule has 0 radical (unpaired) electrons. The summed E-state index contributed by atoms with van der Waals surface area (Å²) in [5, 5.41) is 5.51. The van der Waals surface area contributed by atoms with E-state index in [0.29, 0.717) is 11.4 Å². The summed E-state index contributed by atoms with van der Waals surface area (Å²) in [4.78, 5) is 16.4. The van der Waals surface area contributed by atoms with Crippen LogP contribution in [0.25, 0.3) is 15.9 Å². The van der Waals surface area contributed by atoms with Crippen LogP contribution < -0.4 is 0 Å². The Morgan fingerprint density at radius 2 is 1.83 bits per heavy atom. The van der Waals surface area contributed by atoms with Gasteiger partial charge < -0.3 is 4.90 Å². The van der Waals surface area contributed by atoms with Crippen molar-refractivity contribution in [3.8, 4) is 5.69 Å². The van der Waals surface area contributed by atoms with Gasteiger partial charge in [-0.3, -0.25) is 4.79 Å². The van der Waals surface area contributed by atoms with Crippen molar-refractivity contribution in [1.29, 1.82) is 0 Å². The summed E-state index contributed by atoms with van der Waals surface area (Å²) in [6, 6.07) is 14.4. The molecule has 2 aromatic carbocycles. The lowest BCUT2D eigenvalue weighted by molar-refractivity contribution is 0.0790. The van der Waals surface area contributed by atoms with Crippen LogP contribution in [0.1, 0.15) is 32.1 Å². The number of thiophene rings is 1. The molecule has 0 unspecified atom stereocenters. The van der Waals surface area contributed by atoms with Crippen LogP contribution in [0, 0.1) is 26.6 Å². The average molecular weight is 408 g/mol. The Morgan fingerprint density at radius 1 is 1.10 bits per heavy atom. The fraction of sp³-hybridized carbons (Fsp3) is 0.217. The van der Waals surface area contributed by atoms with Gasteiger partial charge in [0.05, 0.1) is 16.3 Å². The highest BCUT2D eigenvalue weighted by Gasteiger charge is 2.20. The van der Waals surface area contributed by atoms with Crippen LogP contribution in [0.5, 0.6) is 0 Å². The number of rotatable bonds is 4. The van der Waals surface area contributed by atoms with Gasteiger partial charge in [-0.1, -0.05) is 23.8 Å². The quantitative estimate of drug-likeness (QED) is 0.453. The highest BCUT2D eigenvalue weighted by Crippen LogP contribution is 2.31. The third kappa shape index (κ3) is 3.68. The van der Waals surface area contributed by atoms with Gasteiger partial charge in [-0.25, -0.2) is 9.07 Å². The van der Waals surface area contributed by atoms with Gasteiger partial charge in [0.2, 0.25) is 0 Å². The van der Waals surface area contributed by atoms with Crippen LogP contribution in [-0.4, -0.2) is 27.6 Å². The zero-order chi connectivity index (χ0) is 20.7. The maximum absolute atomic E-state index is 13.3. The first-order valence-electron chi connectivity index (χ1n) is 9.40. The number of nitrogens with zero attached hydrogens (tertiary/aromatic N) is 3. The first-order valence-corrected chi connectivity index (χ1v) is 10.2. The standard InChI is InChI=1S/C23H22FN3OS/c1-14-5-6-17(15(2)11-14)13-26(4)22(28)21-12-20-16(3)25-27(23(20)29-21)19-9-7-18(24)8-10-19/h5-12H,13H2,1-4H3. The minimum Gasteiger partial charge on any atom is -0.337 e. The summed E-state index contributed by atoms with van der Waals surface area (Å²) in [6.07, 6.45) is 0. The molecule has 0 N–H and O–H groups in total. The zero-order valence-electron chi connectivity index (χ0n) is 16.9. The van der Waals surface area contributed by atoms with Crippen molar-refractivity contribution in [3.05, 3.63) is 81.6 Å². The third-order valence-corrected chi connectivity index (χ3v) is 6.18. The molecule has 0 aliphatic rings. The van der Waals surface area contributed by atoms with E-state index in [-0.39, 0.29) is 11.7 Å². The Balaban J connectivity index is 1.64. The van der Waals surface area contributed by atoms with Gasteiger partial charge in [0.25, 0.3) is 5.91 Å². The van der Waals surface area contributed by atoms with Gasteiger partial charge in [-0.05, 0) is 62.2 Å². The molecule has 0 bridgehead atoms. The SMILES string of the molecule is Cc1ccc(CN(C)C(=O)c2cc3c(C)nn(-c4ccc(F)cc4)c3s2)c(C)c1. The Bertz CT molecular complexity index is 1210. The maximum Gasteiger partial charge on any atom is 0.264 e. The molecule has 4 aromatic rings. The summed E-state index contributed by atoms with van der Waals surface area (Å²) in [5.74, 6) is -0.305. The number of benzene rings is 2. The molecular weight excluding hydrogens is 385 g/mol. The zero-order valence-corrected chi connectivity index (χ0v) is 17.7. The lowest BCUT2D eigenvalue weighted by Gasteiger charge is -2.18. The second-order valence-electron chi connectivity index (χ2n) is 7.39. The topological polar surface area (TPSA) is 38.1 Å². The summed E-state index contributed by atoms with van der Waals surface area (Å²) in [6.45, 7) is 6.61. The Morgan fingerprint density at radius 3 is 2.52 bits per heavy atom. The number of hydrogen-bond donors (Lipinski definition) is 0. The maximum atomic E-state index is 13.3. The minimum absolute atomic E-state index is 0.0174. The van der Waals surface area contributed by atoms with Gasteiger partial charge in [0.15, 0.2) is 0 Å². The molecule has 4 nitrogen and oxygen atoms in total. The van der Waals surface area contributed by atoms with Crippen LogP contribution in [0.4, 0.5) is 4.39 Å². The van der Waals surface area contributed by atoms with Crippen LogP contribution in [0.2, 0.25) is 0 Å². The van der Waals surface area contributed by atoms with E-state index in [1.807, 2.05) is 20.0 Å². The molecule has 29 heavy (non-hydrogen) atoms. The van der Waals surface area contributed by atoms with Gasteiger partial charge in [-0.2, -0.15) is 5.10 Å². The number of hydrogen-bond acceptors (Lipinski definition) is 3. The predicted molar refractivity (Wildman–Crippen MR) is 115 cm³/mol. The van der Waals surface area contributed by atoms with Crippen LogP contribution in [0.15, 0.2) is 48.5 Å². The van der Waals surface area contributed by atoms with Crippen molar-refractivity contribution in [1.82, 2.24) is 14.7 Å². The first-order chi connectivity index (χ1) is 13.8. The van der Waals surface area contributed by atoms with Crippen molar-refractivity contribution < 1.29 is 9.18 Å². The van der Waals surface area contributed by atoms with Crippen molar-refractivity contribution in [2.45, 2.75) is 27.3 Å². The summed E-state index contributed by atoms with van der Waals surface area (Å²) < 4.78 is 15.0. The van der Waals surface area contributed by atoms with Gasteiger partial charge in [0.1, 0.15) is 10.6 Å². The molecule has 4 rings (SSSR count). The highest BCUT2D eigenvalue weighted by molar-refractivity contribution is 7.20. The number of halogens is 1. The van der Waals surface area contributed by atoms with Crippen LogP contribution >= 0.6 is 11.3 Å². The average Bonchev–Trinajstić information content (AvgIpc) is 3.25. The molecule has 6 heteroatoms. The van der Waals surface area contributed by atoms with Crippen molar-refractivity contribution >= 4 is 27.5 Å². The molecule has 0 saturated carbocycles. The van der Waals surface area contributed by atoms with E-state index in [9.17, 15) is 9.18 Å². The largest absolute Gasteiger partial charge is 0.337 e. The van der Waals surface area contributed by atoms with Crippen LogP contribution in [0.3, 0.4) is 0 Å². The van der Waals surface area contributed by atoms with Crippen molar-refractivity contribution in [3.63, 3.8) is 0 Å². The fourth-order valence-corrected chi connectivity index (χ4v) is 4.63. The number of aryl methyl sites for hydroxylation is 3. The molecule has 0 saturated heterocycles. The Kier molecular flexibility index (Phi) is 4.96. The second kappa shape index (κ2) is 7.44. The first kappa shape index (κ1) is 19.3. The van der Waals surface area contributed by atoms with E-state index in [2.05, 4.69) is 37.1 Å². The number of amides is 1. The lowest BCUT2D eigenvalue weighted by atomic mass is 10.1. The van der Waals surface area contributed by atoms with E-state index in [4.69, 9.17) is 0 Å². The van der Waals surface area contributed by atoms with E-state index >= 15 is 0 Å². The molecule has 2 heterocycles. The molecule has 0 fully saturated rings. The minimum atomic E-state index is -0.288. The molecular formula is C23H22FN3OS. The third-order valence-electron chi connectivity index (χ3n) is 5.08. The summed E-state index contributed by atoms with van der Waals surface area (Å²) >= 11 is 1.41. The molecule has 0 aliphatic heterocycles. The highest BCUT2D eigenvalue weighted by atomic mass is 32.1. The Hall–Kier alpha value is -2.99. The normalized spacial score (nSPS) is 11.2. The summed E-state index contributed by atoms with van der Waals surface area (Å²) in [7, 11) is 1.82. The van der Waals surface area contributed by atoms with Gasteiger partial charge >= 0.3 is 0 Å². The van der Waals surface area contributed by atoms with Gasteiger partial charge in [0, 0.05) is 19.0 Å². The number of carbonyl (C=O) groups excluding carboxylic acids is 1. The predicted octanol–water partition coefficient (Wildman–Crippen LogP) is 5.42. The number of aromatic nitrogens is 2. The van der Waals surface area contributed by atoms with E-state index < -0.39 is 0 Å². The molecule has 0 aliphatic carbocycles. The van der Waals surface area contributed by atoms with E-state index in [0.717, 1.165) is 27.2 Å². The summed E-state index contributed by atoms with van der Waals surface area (Å²) in [5.41, 5.74) is 5.15. The molecule has 2 aromatic heterocycles. The lowest BCUT2D eigenvalue weighted by Crippen LogP contribution is -2.25. The van der Waals surface area contributed by atoms with Gasteiger partial charge in [-0.15, -0.1) is 11.3 Å². The van der Waals surface area contributed by atoms with E-state index in [1.54, 1.807) is 21.7 Å². The number of fused-ring (bicyclic) bond motifs is 1. The molecule has 148 valence electrons. The van der Waals surface area contributed by atoms with Crippen LogP contribution in [-0.2, 0) is 6.54 Å². The Labute approximate surface area is 173 Å². The smallest absolute Gasteiger partial charge is 0.264 e. The second-order valence-corrected chi connectivity index (χ2v) is 8.42. The van der Waals surface area contributed by atoms with Crippen molar-refractivity contribution in [2.24, 2.45) is 0 Å². The monoisotopic (exact) mass is 407 g/mol. The number of carbonyl (C=O) groups is 1. The molecule has 0 spiro atoms. The molecule has 1 amide bonds.